The van der Waals surface area contributed by atoms with E-state index in [0.29, 0.717) is 5.92 Å². The molecule has 19 heavy (non-hydrogen) atoms. The molecule has 0 saturated carbocycles. The summed E-state index contributed by atoms with van der Waals surface area (Å²) in [5, 5.41) is 6.33. The zero-order valence-electron chi connectivity index (χ0n) is 10.3. The Labute approximate surface area is 129 Å². The van der Waals surface area contributed by atoms with Crippen LogP contribution >= 0.6 is 38.6 Å². The minimum absolute atomic E-state index is 0.180. The molecule has 0 atom stereocenters. The Kier molecular flexibility index (Phi) is 4.05. The van der Waals surface area contributed by atoms with Crippen molar-refractivity contribution in [3.63, 3.8) is 0 Å². The summed E-state index contributed by atoms with van der Waals surface area (Å²) in [5.74, 6) is 0.810. The maximum absolute atomic E-state index is 12.3. The molecule has 100 valence electrons. The maximum atomic E-state index is 12.3. The van der Waals surface area contributed by atoms with Crippen LogP contribution < -0.4 is 0 Å². The molecule has 0 aliphatic carbocycles. The van der Waals surface area contributed by atoms with Crippen molar-refractivity contribution >= 4 is 44.5 Å². The van der Waals surface area contributed by atoms with Crippen LogP contribution in [-0.4, -0.2) is 23.9 Å². The van der Waals surface area contributed by atoms with E-state index in [4.69, 9.17) is 0 Å². The number of amides is 1. The highest BCUT2D eigenvalue weighted by Crippen LogP contribution is 2.30. The van der Waals surface area contributed by atoms with Crippen molar-refractivity contribution in [1.82, 2.24) is 4.90 Å². The molecule has 1 amide bonds. The normalized spacial score (nSPS) is 16.8. The number of piperidine rings is 1. The van der Waals surface area contributed by atoms with Crippen LogP contribution in [0.5, 0.6) is 0 Å². The molecule has 5 heteroatoms. The molecule has 1 saturated heterocycles. The number of halogens is 1. The third-order valence-corrected chi connectivity index (χ3v) is 5.96. The monoisotopic (exact) mass is 355 g/mol. The van der Waals surface area contributed by atoms with Gasteiger partial charge in [0.15, 0.2) is 0 Å². The Morgan fingerprint density at radius 2 is 2.11 bits per heavy atom. The lowest BCUT2D eigenvalue weighted by Crippen LogP contribution is -2.37. The molecular formula is C14H14BrNOS2. The number of thiophene rings is 2. The SMILES string of the molecule is O=C(c1cc(Br)cs1)N1CCC(c2ccsc2)CC1. The van der Waals surface area contributed by atoms with Gasteiger partial charge < -0.3 is 4.90 Å². The van der Waals surface area contributed by atoms with Gasteiger partial charge in [-0.25, -0.2) is 0 Å². The first-order valence-corrected chi connectivity index (χ1v) is 8.91. The molecule has 2 aromatic heterocycles. The first kappa shape index (κ1) is 13.3. The molecular weight excluding hydrogens is 342 g/mol. The van der Waals surface area contributed by atoms with Crippen LogP contribution in [0.4, 0.5) is 0 Å². The zero-order valence-corrected chi connectivity index (χ0v) is 13.6. The van der Waals surface area contributed by atoms with E-state index in [9.17, 15) is 4.79 Å². The van der Waals surface area contributed by atoms with Gasteiger partial charge in [-0.1, -0.05) is 0 Å². The van der Waals surface area contributed by atoms with Crippen LogP contribution in [0.3, 0.4) is 0 Å². The first-order chi connectivity index (χ1) is 9.24. The Morgan fingerprint density at radius 1 is 1.32 bits per heavy atom. The van der Waals surface area contributed by atoms with E-state index >= 15 is 0 Å². The van der Waals surface area contributed by atoms with Crippen LogP contribution in [0.1, 0.15) is 34.0 Å². The molecule has 1 aliphatic heterocycles. The fourth-order valence-corrected chi connectivity index (χ4v) is 4.64. The summed E-state index contributed by atoms with van der Waals surface area (Å²) in [5.41, 5.74) is 1.44. The summed E-state index contributed by atoms with van der Waals surface area (Å²) in [6, 6.07) is 4.13. The fourth-order valence-electron chi connectivity index (χ4n) is 2.50. The van der Waals surface area contributed by atoms with Gasteiger partial charge >= 0.3 is 0 Å². The summed E-state index contributed by atoms with van der Waals surface area (Å²) in [6.45, 7) is 1.74. The fraction of sp³-hybridized carbons (Fsp3) is 0.357. The maximum Gasteiger partial charge on any atom is 0.263 e. The highest BCUT2D eigenvalue weighted by Gasteiger charge is 2.25. The number of carbonyl (C=O) groups is 1. The topological polar surface area (TPSA) is 20.3 Å². The number of nitrogens with zero attached hydrogens (tertiary/aromatic N) is 1. The lowest BCUT2D eigenvalue weighted by Gasteiger charge is -2.31. The van der Waals surface area contributed by atoms with Crippen LogP contribution in [0.25, 0.3) is 0 Å². The van der Waals surface area contributed by atoms with Crippen molar-refractivity contribution in [2.75, 3.05) is 13.1 Å². The predicted molar refractivity (Wildman–Crippen MR) is 84.2 cm³/mol. The molecule has 3 rings (SSSR count). The van der Waals surface area contributed by atoms with Gasteiger partial charge in [0.2, 0.25) is 0 Å². The van der Waals surface area contributed by atoms with E-state index in [1.807, 2.05) is 16.3 Å². The van der Waals surface area contributed by atoms with E-state index in [1.54, 1.807) is 11.3 Å². The molecule has 0 unspecified atom stereocenters. The number of likely N-dealkylation sites (tertiary alicyclic amines) is 1. The minimum atomic E-state index is 0.180. The highest BCUT2D eigenvalue weighted by molar-refractivity contribution is 9.10. The standard InChI is InChI=1S/C14H14BrNOS2/c15-12-7-13(19-9-12)14(17)16-4-1-10(2-5-16)11-3-6-18-8-11/h3,6-10H,1-2,4-5H2. The van der Waals surface area contributed by atoms with Gasteiger partial charge in [0.25, 0.3) is 5.91 Å². The van der Waals surface area contributed by atoms with Gasteiger partial charge in [-0.3, -0.25) is 4.79 Å². The van der Waals surface area contributed by atoms with E-state index in [-0.39, 0.29) is 5.91 Å². The molecule has 0 aromatic carbocycles. The number of rotatable bonds is 2. The van der Waals surface area contributed by atoms with Gasteiger partial charge in [0.1, 0.15) is 0 Å². The quantitative estimate of drug-likeness (QED) is 0.771. The van der Waals surface area contributed by atoms with Crippen molar-refractivity contribution in [3.8, 4) is 0 Å². The second-order valence-electron chi connectivity index (χ2n) is 4.75. The molecule has 1 aliphatic rings. The number of hydrogen-bond donors (Lipinski definition) is 0. The third-order valence-electron chi connectivity index (χ3n) is 3.58. The largest absolute Gasteiger partial charge is 0.338 e. The van der Waals surface area contributed by atoms with Crippen LogP contribution in [0, 0.1) is 0 Å². The van der Waals surface area contributed by atoms with E-state index in [2.05, 4.69) is 32.8 Å². The summed E-state index contributed by atoms with van der Waals surface area (Å²) in [7, 11) is 0. The van der Waals surface area contributed by atoms with Crippen molar-refractivity contribution in [3.05, 3.63) is 43.2 Å². The zero-order chi connectivity index (χ0) is 13.2. The van der Waals surface area contributed by atoms with Crippen molar-refractivity contribution in [1.29, 1.82) is 0 Å². The van der Waals surface area contributed by atoms with Gasteiger partial charge in [-0.05, 0) is 63.1 Å². The van der Waals surface area contributed by atoms with Crippen LogP contribution in [-0.2, 0) is 0 Å². The highest BCUT2D eigenvalue weighted by atomic mass is 79.9. The summed E-state index contributed by atoms with van der Waals surface area (Å²) in [6.07, 6.45) is 2.16. The third kappa shape index (κ3) is 2.93. The predicted octanol–water partition coefficient (Wildman–Crippen LogP) is 4.59. The molecule has 2 aromatic rings. The Morgan fingerprint density at radius 3 is 2.68 bits per heavy atom. The van der Waals surface area contributed by atoms with Crippen LogP contribution in [0.2, 0.25) is 0 Å². The Balaban J connectivity index is 1.62. The van der Waals surface area contributed by atoms with E-state index in [1.165, 1.54) is 16.9 Å². The molecule has 2 nitrogen and oxygen atoms in total. The Hall–Kier alpha value is -0.650. The molecule has 0 bridgehead atoms. The Bertz CT molecular complexity index is 556. The summed E-state index contributed by atoms with van der Waals surface area (Å²) < 4.78 is 0.994. The van der Waals surface area contributed by atoms with Crippen molar-refractivity contribution in [2.24, 2.45) is 0 Å². The van der Waals surface area contributed by atoms with E-state index < -0.39 is 0 Å². The second-order valence-corrected chi connectivity index (χ2v) is 7.36. The van der Waals surface area contributed by atoms with Gasteiger partial charge in [0, 0.05) is 22.9 Å². The van der Waals surface area contributed by atoms with Gasteiger partial charge in [0.05, 0.1) is 4.88 Å². The molecule has 0 N–H and O–H groups in total. The lowest BCUT2D eigenvalue weighted by atomic mass is 9.91. The lowest BCUT2D eigenvalue weighted by molar-refractivity contribution is 0.0718. The molecule has 3 heterocycles. The molecule has 0 spiro atoms. The summed E-state index contributed by atoms with van der Waals surface area (Å²) in [4.78, 5) is 15.1. The number of hydrogen-bond acceptors (Lipinski definition) is 3. The average Bonchev–Trinajstić information content (AvgIpc) is 3.09. The van der Waals surface area contributed by atoms with Crippen LogP contribution in [0.15, 0.2) is 32.7 Å². The molecule has 0 radical (unpaired) electrons. The minimum Gasteiger partial charge on any atom is -0.338 e. The average molecular weight is 356 g/mol. The van der Waals surface area contributed by atoms with Gasteiger partial charge in [-0.2, -0.15) is 11.3 Å². The van der Waals surface area contributed by atoms with E-state index in [0.717, 1.165) is 35.3 Å². The van der Waals surface area contributed by atoms with Crippen molar-refractivity contribution < 1.29 is 4.79 Å². The first-order valence-electron chi connectivity index (χ1n) is 6.29. The smallest absolute Gasteiger partial charge is 0.263 e. The number of carbonyl (C=O) groups excluding carboxylic acids is 1. The summed E-state index contributed by atoms with van der Waals surface area (Å²) >= 11 is 6.67. The van der Waals surface area contributed by atoms with Gasteiger partial charge in [-0.15, -0.1) is 11.3 Å². The molecule has 1 fully saturated rings. The second kappa shape index (κ2) is 5.77. The van der Waals surface area contributed by atoms with Crippen molar-refractivity contribution in [2.45, 2.75) is 18.8 Å².